The van der Waals surface area contributed by atoms with E-state index in [1.54, 1.807) is 25.1 Å². The zero-order valence-corrected chi connectivity index (χ0v) is 20.2. The third-order valence-corrected chi connectivity index (χ3v) is 6.63. The highest BCUT2D eigenvalue weighted by Gasteiger charge is 2.49. The smallest absolute Gasteiger partial charge is 0.350 e. The van der Waals surface area contributed by atoms with Crippen molar-refractivity contribution in [3.05, 3.63) is 94.3 Å². The highest BCUT2D eigenvalue weighted by Crippen LogP contribution is 2.44. The number of aliphatic hydroxyl groups excluding tert-OH is 1. The summed E-state index contributed by atoms with van der Waals surface area (Å²) in [5, 5.41) is 11.1. The highest BCUT2D eigenvalue weighted by molar-refractivity contribution is 7.17. The van der Waals surface area contributed by atoms with E-state index in [2.05, 4.69) is 11.6 Å². The largest absolute Gasteiger partial charge is 0.507 e. The van der Waals surface area contributed by atoms with Gasteiger partial charge < -0.3 is 14.6 Å². The van der Waals surface area contributed by atoms with Gasteiger partial charge in [-0.25, -0.2) is 14.2 Å². The molecule has 2 heterocycles. The van der Waals surface area contributed by atoms with E-state index in [0.29, 0.717) is 5.75 Å². The van der Waals surface area contributed by atoms with Crippen LogP contribution in [-0.2, 0) is 14.3 Å². The van der Waals surface area contributed by atoms with Crippen LogP contribution in [0.3, 0.4) is 0 Å². The molecule has 1 N–H and O–H groups in total. The van der Waals surface area contributed by atoms with Gasteiger partial charge in [0.2, 0.25) is 0 Å². The molecule has 36 heavy (non-hydrogen) atoms. The number of ether oxygens (including phenoxy) is 2. The molecule has 4 rings (SSSR count). The first-order valence-electron chi connectivity index (χ1n) is 10.7. The third kappa shape index (κ3) is 4.38. The van der Waals surface area contributed by atoms with Gasteiger partial charge >= 0.3 is 11.9 Å². The minimum atomic E-state index is -1.33. The first-order chi connectivity index (χ1) is 17.3. The first kappa shape index (κ1) is 24.8. The lowest BCUT2D eigenvalue weighted by atomic mass is 9.95. The number of aryl methyl sites for hydroxylation is 1. The molecule has 184 valence electrons. The predicted octanol–water partition coefficient (Wildman–Crippen LogP) is 4.57. The van der Waals surface area contributed by atoms with Crippen LogP contribution in [0.25, 0.3) is 5.76 Å². The molecule has 1 atom stereocenters. The van der Waals surface area contributed by atoms with Crippen molar-refractivity contribution in [1.82, 2.24) is 4.98 Å². The Kier molecular flexibility index (Phi) is 6.98. The summed E-state index contributed by atoms with van der Waals surface area (Å²) in [6.45, 7) is 5.02. The van der Waals surface area contributed by atoms with Crippen molar-refractivity contribution in [2.75, 3.05) is 18.6 Å². The van der Waals surface area contributed by atoms with Crippen LogP contribution < -0.4 is 9.64 Å². The monoisotopic (exact) mass is 508 g/mol. The van der Waals surface area contributed by atoms with Crippen molar-refractivity contribution >= 4 is 39.9 Å². The maximum Gasteiger partial charge on any atom is 0.350 e. The number of aliphatic hydroxyl groups is 1. The molecule has 0 spiro atoms. The van der Waals surface area contributed by atoms with Gasteiger partial charge in [0.15, 0.2) is 5.13 Å². The fourth-order valence-electron chi connectivity index (χ4n) is 3.82. The Labute approximate surface area is 209 Å². The van der Waals surface area contributed by atoms with Crippen LogP contribution in [0.2, 0.25) is 0 Å². The molecular weight excluding hydrogens is 487 g/mol. The van der Waals surface area contributed by atoms with Gasteiger partial charge in [0.25, 0.3) is 5.78 Å². The molecule has 10 heteroatoms. The SMILES string of the molecule is C=CCOC(=O)c1sc(N2C(=O)C(=O)C(=C(O)c3cccc(OC)c3)C2c2ccccc2F)nc1C. The Bertz CT molecular complexity index is 1410. The molecule has 0 aliphatic carbocycles. The van der Waals surface area contributed by atoms with Crippen LogP contribution in [0.1, 0.15) is 32.5 Å². The molecule has 1 amide bonds. The van der Waals surface area contributed by atoms with Crippen LogP contribution in [0.4, 0.5) is 9.52 Å². The average molecular weight is 509 g/mol. The van der Waals surface area contributed by atoms with Crippen molar-refractivity contribution in [3.8, 4) is 5.75 Å². The number of methoxy groups -OCH3 is 1. The molecule has 1 aliphatic rings. The molecule has 1 fully saturated rings. The molecule has 3 aromatic rings. The zero-order valence-electron chi connectivity index (χ0n) is 19.4. The first-order valence-corrected chi connectivity index (χ1v) is 11.6. The van der Waals surface area contributed by atoms with Crippen LogP contribution in [0.15, 0.2) is 66.8 Å². The van der Waals surface area contributed by atoms with Crippen molar-refractivity contribution in [1.29, 1.82) is 0 Å². The number of carbonyl (C=O) groups excluding carboxylic acids is 3. The van der Waals surface area contributed by atoms with Gasteiger partial charge in [-0.05, 0) is 25.1 Å². The Hall–Kier alpha value is -4.31. The topological polar surface area (TPSA) is 106 Å². The van der Waals surface area contributed by atoms with Crippen molar-refractivity contribution < 1.29 is 33.4 Å². The number of carbonyl (C=O) groups is 3. The number of Topliss-reactive ketones (excluding diaryl/α,β-unsaturated/α-hetero) is 1. The maximum absolute atomic E-state index is 15.0. The molecular formula is C26H21FN2O6S. The van der Waals surface area contributed by atoms with E-state index in [4.69, 9.17) is 9.47 Å². The van der Waals surface area contributed by atoms with Crippen molar-refractivity contribution in [2.45, 2.75) is 13.0 Å². The molecule has 1 saturated heterocycles. The summed E-state index contributed by atoms with van der Waals surface area (Å²) < 4.78 is 25.3. The summed E-state index contributed by atoms with van der Waals surface area (Å²) >= 11 is 0.827. The molecule has 0 saturated carbocycles. The van der Waals surface area contributed by atoms with Crippen molar-refractivity contribution in [3.63, 3.8) is 0 Å². The summed E-state index contributed by atoms with van der Waals surface area (Å²) in [7, 11) is 1.44. The van der Waals surface area contributed by atoms with Gasteiger partial charge in [-0.1, -0.05) is 54.3 Å². The third-order valence-electron chi connectivity index (χ3n) is 5.50. The van der Waals surface area contributed by atoms with Gasteiger partial charge in [0, 0.05) is 11.1 Å². The molecule has 0 radical (unpaired) electrons. The van der Waals surface area contributed by atoms with E-state index >= 15 is 4.39 Å². The van der Waals surface area contributed by atoms with Crippen LogP contribution in [-0.4, -0.2) is 41.5 Å². The molecule has 1 aromatic heterocycles. The summed E-state index contributed by atoms with van der Waals surface area (Å²) in [6, 6.07) is 10.6. The van der Waals surface area contributed by atoms with Gasteiger partial charge in [-0.3, -0.25) is 14.5 Å². The standard InChI is InChI=1S/C26H21FN2O6S/c1-4-12-35-25(33)23-14(2)28-26(36-23)29-20(17-10-5-6-11-18(17)27)19(22(31)24(29)32)21(30)15-8-7-9-16(13-15)34-3/h4-11,13,20,30H,1,12H2,2-3H3. The van der Waals surface area contributed by atoms with Gasteiger partial charge in [0.05, 0.1) is 18.4 Å². The number of rotatable bonds is 7. The predicted molar refractivity (Wildman–Crippen MR) is 132 cm³/mol. The number of nitrogens with zero attached hydrogens (tertiary/aromatic N) is 2. The van der Waals surface area contributed by atoms with Gasteiger partial charge in [-0.2, -0.15) is 0 Å². The molecule has 2 aromatic carbocycles. The average Bonchev–Trinajstić information content (AvgIpc) is 3.39. The molecule has 1 aliphatic heterocycles. The number of amides is 1. The normalized spacial score (nSPS) is 16.8. The lowest BCUT2D eigenvalue weighted by Crippen LogP contribution is -2.29. The summed E-state index contributed by atoms with van der Waals surface area (Å²) in [5.74, 6) is -3.49. The summed E-state index contributed by atoms with van der Waals surface area (Å²) in [4.78, 5) is 44.3. The fourth-order valence-corrected chi connectivity index (χ4v) is 4.81. The Balaban J connectivity index is 1.91. The van der Waals surface area contributed by atoms with Gasteiger partial charge in [-0.15, -0.1) is 0 Å². The highest BCUT2D eigenvalue weighted by atomic mass is 32.1. The van der Waals surface area contributed by atoms with Gasteiger partial charge in [0.1, 0.15) is 34.9 Å². The van der Waals surface area contributed by atoms with Crippen LogP contribution in [0.5, 0.6) is 5.75 Å². The maximum atomic E-state index is 15.0. The Morgan fingerprint density at radius 3 is 2.69 bits per heavy atom. The minimum absolute atomic E-state index is 0.0156. The second-order valence-corrected chi connectivity index (χ2v) is 8.70. The van der Waals surface area contributed by atoms with Crippen molar-refractivity contribution in [2.24, 2.45) is 0 Å². The minimum Gasteiger partial charge on any atom is -0.507 e. The van der Waals surface area contributed by atoms with E-state index < -0.39 is 35.3 Å². The lowest BCUT2D eigenvalue weighted by Gasteiger charge is -2.23. The molecule has 0 bridgehead atoms. The Morgan fingerprint density at radius 1 is 1.25 bits per heavy atom. The number of hydrogen-bond donors (Lipinski definition) is 1. The van der Waals surface area contributed by atoms with E-state index in [-0.39, 0.29) is 39.0 Å². The quantitative estimate of drug-likeness (QED) is 0.164. The second kappa shape index (κ2) is 10.1. The van der Waals surface area contributed by atoms with Crippen LogP contribution >= 0.6 is 11.3 Å². The number of aromatic nitrogens is 1. The zero-order chi connectivity index (χ0) is 26.0. The Morgan fingerprint density at radius 2 is 2.00 bits per heavy atom. The molecule has 1 unspecified atom stereocenters. The lowest BCUT2D eigenvalue weighted by molar-refractivity contribution is -0.132. The second-order valence-electron chi connectivity index (χ2n) is 7.72. The number of halogens is 1. The van der Waals surface area contributed by atoms with E-state index in [9.17, 15) is 19.5 Å². The number of thiazole rings is 1. The summed E-state index contributed by atoms with van der Waals surface area (Å²) in [5.41, 5.74) is 0.135. The van der Waals surface area contributed by atoms with Crippen LogP contribution in [0, 0.1) is 12.7 Å². The number of benzene rings is 2. The number of esters is 1. The van der Waals surface area contributed by atoms with E-state index in [1.165, 1.54) is 43.5 Å². The number of anilines is 1. The molecule has 8 nitrogen and oxygen atoms in total. The number of ketones is 1. The van der Waals surface area contributed by atoms with E-state index in [1.807, 2.05) is 0 Å². The number of hydrogen-bond acceptors (Lipinski definition) is 8. The van der Waals surface area contributed by atoms with E-state index in [0.717, 1.165) is 16.2 Å². The fraction of sp³-hybridized carbons (Fsp3) is 0.154. The summed E-state index contributed by atoms with van der Waals surface area (Å²) in [6.07, 6.45) is 1.41.